The summed E-state index contributed by atoms with van der Waals surface area (Å²) < 4.78 is 0. The van der Waals surface area contributed by atoms with E-state index in [1.54, 1.807) is 0 Å². The van der Waals surface area contributed by atoms with Crippen molar-refractivity contribution >= 4 is 0 Å². The molecular weight excluding hydrogens is 174 g/mol. The van der Waals surface area contributed by atoms with Crippen molar-refractivity contribution in [3.8, 4) is 0 Å². The molecule has 4 atom stereocenters. The number of nitrogens with zero attached hydrogens (tertiary/aromatic N) is 2. The molecule has 3 saturated carbocycles. The first-order valence-corrected chi connectivity index (χ1v) is 5.73. The number of hydrogen-bond donors (Lipinski definition) is 1. The lowest BCUT2D eigenvalue weighted by atomic mass is 10.0. The summed E-state index contributed by atoms with van der Waals surface area (Å²) in [5, 5.41) is 7.29. The van der Waals surface area contributed by atoms with E-state index >= 15 is 0 Å². The van der Waals surface area contributed by atoms with Crippen molar-refractivity contribution in [2.75, 3.05) is 0 Å². The first-order chi connectivity index (χ1) is 6.84. The maximum absolute atomic E-state index is 4.49. The first-order valence-electron chi connectivity index (χ1n) is 5.73. The van der Waals surface area contributed by atoms with E-state index in [9.17, 15) is 0 Å². The van der Waals surface area contributed by atoms with E-state index in [1.165, 1.54) is 19.3 Å². The molecule has 0 saturated heterocycles. The van der Waals surface area contributed by atoms with Crippen molar-refractivity contribution in [2.24, 2.45) is 23.7 Å². The summed E-state index contributed by atoms with van der Waals surface area (Å²) in [5.74, 6) is 6.77. The van der Waals surface area contributed by atoms with Crippen LogP contribution in [0.5, 0.6) is 0 Å². The molecule has 0 radical (unpaired) electrons. The lowest BCUT2D eigenvalue weighted by molar-refractivity contribution is 0.456. The fourth-order valence-electron chi connectivity index (χ4n) is 4.18. The van der Waals surface area contributed by atoms with Gasteiger partial charge in [-0.3, -0.25) is 5.10 Å². The van der Waals surface area contributed by atoms with Gasteiger partial charge in [0, 0.05) is 5.92 Å². The van der Waals surface area contributed by atoms with E-state index in [4.69, 9.17) is 0 Å². The Morgan fingerprint density at radius 2 is 1.93 bits per heavy atom. The molecule has 3 heteroatoms. The molecule has 1 aromatic heterocycles. The largest absolute Gasteiger partial charge is 0.263 e. The molecule has 4 rings (SSSR count). The highest BCUT2D eigenvalue weighted by Gasteiger charge is 2.66. The van der Waals surface area contributed by atoms with Gasteiger partial charge < -0.3 is 0 Å². The third-order valence-electron chi connectivity index (χ3n) is 4.65. The fourth-order valence-corrected chi connectivity index (χ4v) is 4.18. The third kappa shape index (κ3) is 0.748. The van der Waals surface area contributed by atoms with Crippen molar-refractivity contribution in [3.05, 3.63) is 11.6 Å². The molecule has 3 fully saturated rings. The Morgan fingerprint density at radius 3 is 2.50 bits per heavy atom. The Labute approximate surface area is 83.3 Å². The summed E-state index contributed by atoms with van der Waals surface area (Å²) >= 11 is 0. The van der Waals surface area contributed by atoms with Gasteiger partial charge in [-0.25, -0.2) is 4.98 Å². The van der Waals surface area contributed by atoms with Crippen LogP contribution in [-0.4, -0.2) is 15.2 Å². The van der Waals surface area contributed by atoms with Gasteiger partial charge in [0.15, 0.2) is 5.82 Å². The van der Waals surface area contributed by atoms with Crippen LogP contribution in [0.2, 0.25) is 0 Å². The number of fused-ring (bicyclic) bond motifs is 5. The van der Waals surface area contributed by atoms with Gasteiger partial charge in [-0.1, -0.05) is 0 Å². The summed E-state index contributed by atoms with van der Waals surface area (Å²) in [7, 11) is 0. The summed E-state index contributed by atoms with van der Waals surface area (Å²) in [4.78, 5) is 4.49. The lowest BCUT2D eigenvalue weighted by Crippen LogP contribution is -1.98. The fraction of sp³-hybridized carbons (Fsp3) is 0.818. The van der Waals surface area contributed by atoms with E-state index < -0.39 is 0 Å². The predicted molar refractivity (Wildman–Crippen MR) is 51.7 cm³/mol. The quantitative estimate of drug-likeness (QED) is 0.732. The Balaban J connectivity index is 1.66. The number of hydrogen-bond acceptors (Lipinski definition) is 2. The molecule has 1 aromatic rings. The molecule has 3 nitrogen and oxygen atoms in total. The number of rotatable bonds is 1. The summed E-state index contributed by atoms with van der Waals surface area (Å²) in [5.41, 5.74) is 0. The molecule has 3 aliphatic carbocycles. The van der Waals surface area contributed by atoms with E-state index in [1.807, 2.05) is 6.92 Å². The summed E-state index contributed by atoms with van der Waals surface area (Å²) in [6.45, 7) is 1.99. The van der Waals surface area contributed by atoms with Crippen LogP contribution in [0.4, 0.5) is 0 Å². The molecular formula is C11H15N3. The van der Waals surface area contributed by atoms with Crippen LogP contribution in [-0.2, 0) is 0 Å². The third-order valence-corrected chi connectivity index (χ3v) is 4.65. The minimum absolute atomic E-state index is 0.728. The van der Waals surface area contributed by atoms with Crippen molar-refractivity contribution in [1.82, 2.24) is 15.2 Å². The molecule has 0 spiro atoms. The number of nitrogens with one attached hydrogen (secondary N) is 1. The molecule has 3 aliphatic rings. The highest BCUT2D eigenvalue weighted by atomic mass is 15.2. The number of aryl methyl sites for hydroxylation is 1. The highest BCUT2D eigenvalue weighted by Crippen LogP contribution is 2.72. The first kappa shape index (κ1) is 7.43. The molecule has 0 aliphatic heterocycles. The number of aromatic nitrogens is 3. The van der Waals surface area contributed by atoms with Crippen LogP contribution in [0.15, 0.2) is 0 Å². The molecule has 4 unspecified atom stereocenters. The molecule has 74 valence electrons. The zero-order valence-corrected chi connectivity index (χ0v) is 8.40. The topological polar surface area (TPSA) is 41.6 Å². The minimum atomic E-state index is 0.728. The molecule has 14 heavy (non-hydrogen) atoms. The standard InChI is InChI=1S/C11H15N3/c1-5-12-11(14-13-5)10-8-6-2-3-7(4-6)9(8)10/h6-10H,2-4H2,1H3,(H,12,13,14). The zero-order valence-electron chi connectivity index (χ0n) is 8.40. The maximum Gasteiger partial charge on any atom is 0.154 e. The normalized spacial score (nSPS) is 48.2. The highest BCUT2D eigenvalue weighted by molar-refractivity contribution is 5.23. The molecule has 0 amide bonds. The van der Waals surface area contributed by atoms with Crippen molar-refractivity contribution in [3.63, 3.8) is 0 Å². The van der Waals surface area contributed by atoms with Gasteiger partial charge in [-0.2, -0.15) is 5.10 Å². The lowest BCUT2D eigenvalue weighted by Gasteiger charge is -2.04. The summed E-state index contributed by atoms with van der Waals surface area (Å²) in [6.07, 6.45) is 4.46. The maximum atomic E-state index is 4.49. The molecule has 2 bridgehead atoms. The average Bonchev–Trinajstić information content (AvgIpc) is 2.58. The monoisotopic (exact) mass is 189 g/mol. The second-order valence-corrected chi connectivity index (χ2v) is 5.29. The zero-order chi connectivity index (χ0) is 9.28. The van der Waals surface area contributed by atoms with Crippen molar-refractivity contribution in [1.29, 1.82) is 0 Å². The van der Waals surface area contributed by atoms with Crippen LogP contribution in [0.25, 0.3) is 0 Å². The van der Waals surface area contributed by atoms with Crippen LogP contribution in [0, 0.1) is 30.6 Å². The van der Waals surface area contributed by atoms with Crippen molar-refractivity contribution < 1.29 is 0 Å². The van der Waals surface area contributed by atoms with E-state index in [0.29, 0.717) is 0 Å². The molecule has 1 heterocycles. The summed E-state index contributed by atoms with van der Waals surface area (Å²) in [6, 6.07) is 0. The predicted octanol–water partition coefficient (Wildman–Crippen LogP) is 1.87. The van der Waals surface area contributed by atoms with Gasteiger partial charge in [-0.05, 0) is 49.9 Å². The Morgan fingerprint density at radius 1 is 1.21 bits per heavy atom. The van der Waals surface area contributed by atoms with Gasteiger partial charge in [0.2, 0.25) is 0 Å². The molecule has 0 aromatic carbocycles. The Kier molecular flexibility index (Phi) is 1.17. The second-order valence-electron chi connectivity index (χ2n) is 5.29. The van der Waals surface area contributed by atoms with E-state index in [0.717, 1.165) is 41.2 Å². The number of aromatic amines is 1. The van der Waals surface area contributed by atoms with E-state index in [-0.39, 0.29) is 0 Å². The van der Waals surface area contributed by atoms with Crippen LogP contribution in [0.3, 0.4) is 0 Å². The van der Waals surface area contributed by atoms with Gasteiger partial charge in [0.25, 0.3) is 0 Å². The van der Waals surface area contributed by atoms with Crippen LogP contribution in [0.1, 0.15) is 36.8 Å². The smallest absolute Gasteiger partial charge is 0.154 e. The van der Waals surface area contributed by atoms with Gasteiger partial charge in [0.05, 0.1) is 0 Å². The Hall–Kier alpha value is -0.860. The minimum Gasteiger partial charge on any atom is -0.263 e. The molecule has 1 N–H and O–H groups in total. The second kappa shape index (κ2) is 2.20. The number of H-pyrrole nitrogens is 1. The van der Waals surface area contributed by atoms with Crippen LogP contribution < -0.4 is 0 Å². The Bertz CT molecular complexity index is 368. The van der Waals surface area contributed by atoms with Gasteiger partial charge in [0.1, 0.15) is 5.82 Å². The van der Waals surface area contributed by atoms with Gasteiger partial charge >= 0.3 is 0 Å². The average molecular weight is 189 g/mol. The van der Waals surface area contributed by atoms with E-state index in [2.05, 4.69) is 15.2 Å². The van der Waals surface area contributed by atoms with Crippen LogP contribution >= 0.6 is 0 Å². The van der Waals surface area contributed by atoms with Crippen molar-refractivity contribution in [2.45, 2.75) is 32.1 Å². The SMILES string of the molecule is Cc1nc(C2C3C4CCC(C4)C23)n[nH]1. The van der Waals surface area contributed by atoms with Gasteiger partial charge in [-0.15, -0.1) is 0 Å².